The quantitative estimate of drug-likeness (QED) is 0.391. The molecule has 0 aromatic heterocycles. The molecule has 0 aliphatic rings. The van der Waals surface area contributed by atoms with Gasteiger partial charge in [-0.15, -0.1) is 23.7 Å². The monoisotopic (exact) mass is 320 g/mol. The zero-order chi connectivity index (χ0) is 7.98. The van der Waals surface area contributed by atoms with Gasteiger partial charge in [-0.05, 0) is 0 Å². The van der Waals surface area contributed by atoms with Crippen LogP contribution in [0.1, 0.15) is 0 Å². The predicted molar refractivity (Wildman–Crippen MR) is 44.3 cm³/mol. The van der Waals surface area contributed by atoms with Gasteiger partial charge < -0.3 is 0 Å². The van der Waals surface area contributed by atoms with Crippen LogP contribution in [0.15, 0.2) is 18.2 Å². The van der Waals surface area contributed by atoms with Crippen molar-refractivity contribution in [3.63, 3.8) is 0 Å². The predicted octanol–water partition coefficient (Wildman–Crippen LogP) is 3.16. The van der Waals surface area contributed by atoms with Gasteiger partial charge in [0.2, 0.25) is 0 Å². The first-order chi connectivity index (χ1) is 4.79. The molecule has 50 valence electrons. The summed E-state index contributed by atoms with van der Waals surface area (Å²) in [5.41, 5.74) is 0. The summed E-state index contributed by atoms with van der Waals surface area (Å²) in [7, 11) is 0. The SMILES string of the molecule is Fc1cc[c-]c(Cl)c1.[Zn+][I]. The zero-order valence-corrected chi connectivity index (χ0v) is 11.0. The fourth-order valence-electron chi connectivity index (χ4n) is 0.412. The van der Waals surface area contributed by atoms with E-state index >= 15 is 0 Å². The van der Waals surface area contributed by atoms with Gasteiger partial charge >= 0.3 is 34.5 Å². The molecule has 0 bridgehead atoms. The van der Waals surface area contributed by atoms with Gasteiger partial charge in [0, 0.05) is 5.82 Å². The molecule has 4 heteroatoms. The molecule has 0 nitrogen and oxygen atoms in total. The van der Waals surface area contributed by atoms with Crippen LogP contribution in [0.25, 0.3) is 0 Å². The van der Waals surface area contributed by atoms with E-state index in [1.165, 1.54) is 33.0 Å². The van der Waals surface area contributed by atoms with Crippen molar-refractivity contribution in [2.75, 3.05) is 0 Å². The fourth-order valence-corrected chi connectivity index (χ4v) is 0.579. The van der Waals surface area contributed by atoms with Crippen LogP contribution < -0.4 is 0 Å². The van der Waals surface area contributed by atoms with E-state index in [9.17, 15) is 4.39 Å². The van der Waals surface area contributed by atoms with E-state index in [0.29, 0.717) is 5.02 Å². The Morgan fingerprint density at radius 1 is 1.60 bits per heavy atom. The van der Waals surface area contributed by atoms with Gasteiger partial charge in [0.25, 0.3) is 0 Å². The number of halogens is 3. The van der Waals surface area contributed by atoms with Crippen molar-refractivity contribution in [1.82, 2.24) is 0 Å². The summed E-state index contributed by atoms with van der Waals surface area (Å²) in [6.45, 7) is 0. The second-order valence-corrected chi connectivity index (χ2v) is 1.76. The second kappa shape index (κ2) is 6.50. The van der Waals surface area contributed by atoms with Crippen LogP contribution in [0, 0.1) is 11.9 Å². The third kappa shape index (κ3) is 4.58. The molecule has 1 rings (SSSR count). The molecule has 0 saturated carbocycles. The third-order valence-electron chi connectivity index (χ3n) is 0.728. The summed E-state index contributed by atoms with van der Waals surface area (Å²) in [4.78, 5) is 0. The molecule has 0 N–H and O–H groups in total. The number of benzene rings is 1. The Morgan fingerprint density at radius 2 is 2.20 bits per heavy atom. The third-order valence-corrected chi connectivity index (χ3v) is 0.947. The van der Waals surface area contributed by atoms with Crippen LogP contribution in [-0.2, 0) is 14.8 Å². The van der Waals surface area contributed by atoms with Crippen LogP contribution in [-0.4, -0.2) is 0 Å². The van der Waals surface area contributed by atoms with E-state index < -0.39 is 0 Å². The molecule has 0 fully saturated rings. The first kappa shape index (κ1) is 10.8. The molecular weight excluding hydrogens is 319 g/mol. The molecule has 1 aromatic carbocycles. The molecule has 0 aliphatic heterocycles. The van der Waals surface area contributed by atoms with Gasteiger partial charge in [-0.3, -0.25) is 0 Å². The Bertz CT molecular complexity index is 178. The molecule has 0 unspecified atom stereocenters. The van der Waals surface area contributed by atoms with E-state index in [4.69, 9.17) is 11.6 Å². The fraction of sp³-hybridized carbons (Fsp3) is 0. The Kier molecular flexibility index (Phi) is 7.02. The van der Waals surface area contributed by atoms with Crippen LogP contribution in [0.4, 0.5) is 4.39 Å². The van der Waals surface area contributed by atoms with E-state index in [0.717, 1.165) is 0 Å². The minimum atomic E-state index is -0.325. The topological polar surface area (TPSA) is 0 Å². The van der Waals surface area contributed by atoms with Crippen LogP contribution in [0.2, 0.25) is 5.02 Å². The van der Waals surface area contributed by atoms with Crippen molar-refractivity contribution >= 4 is 31.4 Å². The maximum absolute atomic E-state index is 12.1. The van der Waals surface area contributed by atoms with Gasteiger partial charge in [-0.2, -0.15) is 12.1 Å². The van der Waals surface area contributed by atoms with Crippen LogP contribution in [0.5, 0.6) is 0 Å². The number of hydrogen-bond donors (Lipinski definition) is 0. The second-order valence-electron chi connectivity index (χ2n) is 1.35. The Labute approximate surface area is 85.0 Å². The summed E-state index contributed by atoms with van der Waals surface area (Å²) in [5, 5.41) is 0.310. The summed E-state index contributed by atoms with van der Waals surface area (Å²) in [5.74, 6) is -0.325. The summed E-state index contributed by atoms with van der Waals surface area (Å²) in [6.07, 6.45) is 0. The standard InChI is InChI=1S/C6H3ClF.HI.Zn/c7-5-2-1-3-6(8)4-5;;/h1,3-4H;1H;/q-1;;+2/p-1. The molecule has 0 heterocycles. The van der Waals surface area contributed by atoms with Gasteiger partial charge in [0.05, 0.1) is 0 Å². The van der Waals surface area contributed by atoms with E-state index in [-0.39, 0.29) is 5.82 Å². The first-order valence-corrected chi connectivity index (χ1v) is 11.8. The van der Waals surface area contributed by atoms with Gasteiger partial charge in [-0.25, -0.2) is 4.39 Å². The van der Waals surface area contributed by atoms with Crippen molar-refractivity contribution in [1.29, 1.82) is 0 Å². The summed E-state index contributed by atoms with van der Waals surface area (Å²) in [6, 6.07) is 6.55. The Hall–Kier alpha value is 0.793. The van der Waals surface area contributed by atoms with Crippen LogP contribution >= 0.6 is 31.4 Å². The van der Waals surface area contributed by atoms with Crippen LogP contribution in [0.3, 0.4) is 0 Å². The van der Waals surface area contributed by atoms with E-state index in [2.05, 4.69) is 25.8 Å². The normalized spacial score (nSPS) is 8.10. The average molecular weight is 322 g/mol. The molecule has 0 aliphatic carbocycles. The molecule has 0 amide bonds. The molecular formula is C6H3ClFIZn. The molecule has 1 aromatic rings. The number of hydrogen-bond acceptors (Lipinski definition) is 0. The molecule has 0 spiro atoms. The molecule has 10 heavy (non-hydrogen) atoms. The zero-order valence-electron chi connectivity index (χ0n) is 5.07. The van der Waals surface area contributed by atoms with E-state index in [1.807, 2.05) is 0 Å². The van der Waals surface area contributed by atoms with Gasteiger partial charge in [-0.1, -0.05) is 5.02 Å². The summed E-state index contributed by atoms with van der Waals surface area (Å²) < 4.78 is 12.1. The molecule has 0 saturated heterocycles. The van der Waals surface area contributed by atoms with Crippen molar-refractivity contribution in [2.45, 2.75) is 0 Å². The average Bonchev–Trinajstić information content (AvgIpc) is 1.91. The first-order valence-electron chi connectivity index (χ1n) is 2.38. The van der Waals surface area contributed by atoms with E-state index in [1.54, 1.807) is 0 Å². The maximum atomic E-state index is 12.1. The number of rotatable bonds is 0. The van der Waals surface area contributed by atoms with Crippen molar-refractivity contribution in [3.8, 4) is 0 Å². The van der Waals surface area contributed by atoms with Crippen molar-refractivity contribution < 1.29 is 19.2 Å². The Morgan fingerprint density at radius 3 is 2.50 bits per heavy atom. The summed E-state index contributed by atoms with van der Waals surface area (Å²) >= 11 is 8.97. The molecule has 0 atom stereocenters. The molecule has 0 radical (unpaired) electrons. The van der Waals surface area contributed by atoms with Crippen molar-refractivity contribution in [3.05, 3.63) is 35.1 Å². The Balaban J connectivity index is 0.000000371. The van der Waals surface area contributed by atoms with Crippen molar-refractivity contribution in [2.24, 2.45) is 0 Å². The minimum absolute atomic E-state index is 0.310. The van der Waals surface area contributed by atoms with Gasteiger partial charge in [0.1, 0.15) is 0 Å². The van der Waals surface area contributed by atoms with Gasteiger partial charge in [0.15, 0.2) is 0 Å².